The molecule has 0 spiro atoms. The quantitative estimate of drug-likeness (QED) is 0.803. The maximum Gasteiger partial charge on any atom is 0.123 e. The van der Waals surface area contributed by atoms with Crippen LogP contribution in [0.15, 0.2) is 54.6 Å². The maximum atomic E-state index is 13.1. The molecular weight excluding hydrogens is 249 g/mol. The molecule has 1 N–H and O–H groups in total. The average molecular weight is 271 g/mol. The van der Waals surface area contributed by atoms with Crippen LogP contribution in [0.25, 0.3) is 0 Å². The molecule has 0 radical (unpaired) electrons. The third kappa shape index (κ3) is 4.78. The van der Waals surface area contributed by atoms with E-state index in [9.17, 15) is 4.39 Å². The first-order valence-corrected chi connectivity index (χ1v) is 7.29. The molecule has 2 aromatic carbocycles. The van der Waals surface area contributed by atoms with E-state index in [1.165, 1.54) is 11.6 Å². The Morgan fingerprint density at radius 2 is 1.75 bits per heavy atom. The Morgan fingerprint density at radius 3 is 2.45 bits per heavy atom. The smallest absolute Gasteiger partial charge is 0.123 e. The van der Waals surface area contributed by atoms with Crippen LogP contribution in [0.2, 0.25) is 0 Å². The minimum Gasteiger partial charge on any atom is -0.313 e. The second-order valence-corrected chi connectivity index (χ2v) is 5.13. The number of halogens is 1. The van der Waals surface area contributed by atoms with Crippen LogP contribution >= 0.6 is 0 Å². The van der Waals surface area contributed by atoms with Gasteiger partial charge in [-0.25, -0.2) is 4.39 Å². The van der Waals surface area contributed by atoms with Crippen molar-refractivity contribution < 1.29 is 4.39 Å². The van der Waals surface area contributed by atoms with Gasteiger partial charge in [0.1, 0.15) is 5.82 Å². The molecule has 0 bridgehead atoms. The molecule has 2 rings (SSSR count). The van der Waals surface area contributed by atoms with Gasteiger partial charge in [0.25, 0.3) is 0 Å². The van der Waals surface area contributed by atoms with Crippen molar-refractivity contribution in [3.8, 4) is 0 Å². The van der Waals surface area contributed by atoms with Gasteiger partial charge in [0, 0.05) is 6.04 Å². The van der Waals surface area contributed by atoms with Gasteiger partial charge in [0.05, 0.1) is 0 Å². The lowest BCUT2D eigenvalue weighted by atomic mass is 10.0. The molecule has 1 atom stereocenters. The van der Waals surface area contributed by atoms with E-state index in [4.69, 9.17) is 0 Å². The Kier molecular flexibility index (Phi) is 5.75. The Morgan fingerprint density at radius 1 is 1.00 bits per heavy atom. The third-order valence-electron chi connectivity index (χ3n) is 3.55. The summed E-state index contributed by atoms with van der Waals surface area (Å²) in [5.41, 5.74) is 2.41. The minimum atomic E-state index is -0.154. The van der Waals surface area contributed by atoms with Crippen molar-refractivity contribution in [3.05, 3.63) is 71.5 Å². The molecule has 0 heterocycles. The van der Waals surface area contributed by atoms with Gasteiger partial charge in [-0.1, -0.05) is 49.4 Å². The van der Waals surface area contributed by atoms with Crippen molar-refractivity contribution in [1.82, 2.24) is 5.32 Å². The van der Waals surface area contributed by atoms with Gasteiger partial charge in [0.15, 0.2) is 0 Å². The summed E-state index contributed by atoms with van der Waals surface area (Å²) in [5.74, 6) is -0.154. The molecular formula is C18H22FN. The van der Waals surface area contributed by atoms with E-state index in [1.54, 1.807) is 12.1 Å². The highest BCUT2D eigenvalue weighted by atomic mass is 19.1. The van der Waals surface area contributed by atoms with Crippen LogP contribution in [0.5, 0.6) is 0 Å². The second kappa shape index (κ2) is 7.81. The van der Waals surface area contributed by atoms with Crippen molar-refractivity contribution in [3.63, 3.8) is 0 Å². The van der Waals surface area contributed by atoms with E-state index in [0.717, 1.165) is 31.4 Å². The highest BCUT2D eigenvalue weighted by Gasteiger charge is 2.06. The highest BCUT2D eigenvalue weighted by molar-refractivity contribution is 5.17. The summed E-state index contributed by atoms with van der Waals surface area (Å²) in [5, 5.41) is 3.56. The molecule has 0 aliphatic carbocycles. The van der Waals surface area contributed by atoms with Gasteiger partial charge in [-0.2, -0.15) is 0 Å². The summed E-state index contributed by atoms with van der Waals surface area (Å²) in [6.07, 6.45) is 3.00. The lowest BCUT2D eigenvalue weighted by molar-refractivity contribution is 0.498. The number of nitrogens with one attached hydrogen (secondary N) is 1. The Bertz CT molecular complexity index is 510. The van der Waals surface area contributed by atoms with Gasteiger partial charge in [-0.05, 0) is 49.1 Å². The molecule has 0 aliphatic heterocycles. The molecule has 1 nitrogen and oxygen atoms in total. The Balaban J connectivity index is 1.79. The van der Waals surface area contributed by atoms with E-state index in [1.807, 2.05) is 12.1 Å². The van der Waals surface area contributed by atoms with Gasteiger partial charge in [-0.3, -0.25) is 0 Å². The van der Waals surface area contributed by atoms with Crippen LogP contribution in [-0.2, 0) is 12.8 Å². The third-order valence-corrected chi connectivity index (χ3v) is 3.55. The minimum absolute atomic E-state index is 0.154. The maximum absolute atomic E-state index is 13.1. The summed E-state index contributed by atoms with van der Waals surface area (Å²) in [4.78, 5) is 0. The van der Waals surface area contributed by atoms with Gasteiger partial charge in [0.2, 0.25) is 0 Å². The van der Waals surface area contributed by atoms with Crippen molar-refractivity contribution in [2.75, 3.05) is 6.54 Å². The van der Waals surface area contributed by atoms with Crippen LogP contribution in [0.3, 0.4) is 0 Å². The SMILES string of the molecule is CCC(Cc1ccccc1)NCCc1cccc(F)c1. The molecule has 0 amide bonds. The standard InChI is InChI=1S/C18H22FN/c1-2-18(14-15-7-4-3-5-8-15)20-12-11-16-9-6-10-17(19)13-16/h3-10,13,18,20H,2,11-12,14H2,1H3. The normalized spacial score (nSPS) is 12.3. The molecule has 0 aromatic heterocycles. The van der Waals surface area contributed by atoms with E-state index >= 15 is 0 Å². The molecule has 0 fully saturated rings. The van der Waals surface area contributed by atoms with E-state index in [-0.39, 0.29) is 5.82 Å². The number of rotatable bonds is 7. The molecule has 20 heavy (non-hydrogen) atoms. The summed E-state index contributed by atoms with van der Waals surface area (Å²) < 4.78 is 13.1. The molecule has 2 heteroatoms. The zero-order chi connectivity index (χ0) is 14.2. The monoisotopic (exact) mass is 271 g/mol. The zero-order valence-electron chi connectivity index (χ0n) is 12.0. The fourth-order valence-electron chi connectivity index (χ4n) is 2.37. The van der Waals surface area contributed by atoms with Crippen LogP contribution in [-0.4, -0.2) is 12.6 Å². The first-order valence-electron chi connectivity index (χ1n) is 7.29. The number of hydrogen-bond acceptors (Lipinski definition) is 1. The van der Waals surface area contributed by atoms with Crippen LogP contribution in [0.1, 0.15) is 24.5 Å². The molecule has 0 aliphatic rings. The molecule has 1 unspecified atom stereocenters. The highest BCUT2D eigenvalue weighted by Crippen LogP contribution is 2.07. The Labute approximate surface area is 120 Å². The predicted octanol–water partition coefficient (Wildman–Crippen LogP) is 3.98. The van der Waals surface area contributed by atoms with Crippen molar-refractivity contribution in [2.24, 2.45) is 0 Å². The summed E-state index contributed by atoms with van der Waals surface area (Å²) in [6, 6.07) is 17.8. The average Bonchev–Trinajstić information content (AvgIpc) is 2.47. The second-order valence-electron chi connectivity index (χ2n) is 5.13. The van der Waals surface area contributed by atoms with Crippen molar-refractivity contribution in [2.45, 2.75) is 32.2 Å². The largest absolute Gasteiger partial charge is 0.313 e. The Hall–Kier alpha value is -1.67. The summed E-state index contributed by atoms with van der Waals surface area (Å²) in [7, 11) is 0. The zero-order valence-corrected chi connectivity index (χ0v) is 12.0. The molecule has 2 aromatic rings. The van der Waals surface area contributed by atoms with Gasteiger partial charge >= 0.3 is 0 Å². The topological polar surface area (TPSA) is 12.0 Å². The summed E-state index contributed by atoms with van der Waals surface area (Å²) >= 11 is 0. The summed E-state index contributed by atoms with van der Waals surface area (Å²) in [6.45, 7) is 3.08. The number of benzene rings is 2. The van der Waals surface area contributed by atoms with E-state index < -0.39 is 0 Å². The fourth-order valence-corrected chi connectivity index (χ4v) is 2.37. The van der Waals surface area contributed by atoms with Crippen LogP contribution < -0.4 is 5.32 Å². The van der Waals surface area contributed by atoms with Crippen molar-refractivity contribution in [1.29, 1.82) is 0 Å². The van der Waals surface area contributed by atoms with Gasteiger partial charge in [-0.15, -0.1) is 0 Å². The first kappa shape index (κ1) is 14.7. The lowest BCUT2D eigenvalue weighted by Gasteiger charge is -2.17. The molecule has 0 saturated heterocycles. The number of hydrogen-bond donors (Lipinski definition) is 1. The predicted molar refractivity (Wildman–Crippen MR) is 82.3 cm³/mol. The van der Waals surface area contributed by atoms with E-state index in [2.05, 4.69) is 36.5 Å². The van der Waals surface area contributed by atoms with E-state index in [0.29, 0.717) is 6.04 Å². The van der Waals surface area contributed by atoms with Crippen LogP contribution in [0.4, 0.5) is 4.39 Å². The van der Waals surface area contributed by atoms with Crippen LogP contribution in [0, 0.1) is 5.82 Å². The van der Waals surface area contributed by atoms with Crippen molar-refractivity contribution >= 4 is 0 Å². The first-order chi connectivity index (χ1) is 9.78. The molecule has 0 saturated carbocycles. The fraction of sp³-hybridized carbons (Fsp3) is 0.333. The van der Waals surface area contributed by atoms with Gasteiger partial charge < -0.3 is 5.32 Å². The molecule has 106 valence electrons. The lowest BCUT2D eigenvalue weighted by Crippen LogP contribution is -2.32.